The van der Waals surface area contributed by atoms with Gasteiger partial charge < -0.3 is 10.4 Å². The number of fused-ring (bicyclic) bond motifs is 1. The molecule has 0 spiro atoms. The molecule has 20 heavy (non-hydrogen) atoms. The summed E-state index contributed by atoms with van der Waals surface area (Å²) in [6.07, 6.45) is 2.66. The number of nitrogens with zero attached hydrogens (tertiary/aromatic N) is 1. The summed E-state index contributed by atoms with van der Waals surface area (Å²) in [5.41, 5.74) is 2.11. The summed E-state index contributed by atoms with van der Waals surface area (Å²) in [5.74, 6) is 0.0612. The highest BCUT2D eigenvalue weighted by molar-refractivity contribution is 7.89. The molecule has 2 aliphatic heterocycles. The first-order valence-electron chi connectivity index (χ1n) is 7.09. The van der Waals surface area contributed by atoms with Crippen LogP contribution in [0, 0.1) is 5.92 Å². The Kier molecular flexibility index (Phi) is 3.70. The monoisotopic (exact) mass is 296 g/mol. The fraction of sp³-hybridized carbons (Fsp3) is 0.571. The van der Waals surface area contributed by atoms with Gasteiger partial charge in [-0.25, -0.2) is 8.42 Å². The molecule has 110 valence electrons. The molecular weight excluding hydrogens is 276 g/mol. The lowest BCUT2D eigenvalue weighted by molar-refractivity contribution is 0.165. The van der Waals surface area contributed by atoms with E-state index < -0.39 is 10.0 Å². The Bertz CT molecular complexity index is 600. The second-order valence-electron chi connectivity index (χ2n) is 5.55. The summed E-state index contributed by atoms with van der Waals surface area (Å²) >= 11 is 0. The molecule has 1 aromatic rings. The summed E-state index contributed by atoms with van der Waals surface area (Å²) in [7, 11) is -3.44. The van der Waals surface area contributed by atoms with Gasteiger partial charge in [0, 0.05) is 31.9 Å². The Morgan fingerprint density at radius 1 is 1.40 bits per heavy atom. The van der Waals surface area contributed by atoms with Gasteiger partial charge in [0.05, 0.1) is 4.90 Å². The second kappa shape index (κ2) is 5.35. The number of piperidine rings is 1. The molecule has 1 fully saturated rings. The van der Waals surface area contributed by atoms with Crippen LogP contribution in [0.25, 0.3) is 0 Å². The van der Waals surface area contributed by atoms with Crippen molar-refractivity contribution in [2.45, 2.75) is 24.2 Å². The van der Waals surface area contributed by atoms with Crippen LogP contribution >= 0.6 is 0 Å². The molecule has 1 saturated heterocycles. The predicted octanol–water partition coefficient (Wildman–Crippen LogP) is 1.05. The Labute approximate surface area is 119 Å². The van der Waals surface area contributed by atoms with Crippen molar-refractivity contribution in [3.8, 4) is 0 Å². The van der Waals surface area contributed by atoms with Crippen molar-refractivity contribution in [2.75, 3.05) is 31.6 Å². The number of aliphatic hydroxyl groups is 1. The molecule has 2 N–H and O–H groups in total. The predicted molar refractivity (Wildman–Crippen MR) is 77.2 cm³/mol. The average molecular weight is 296 g/mol. The number of hydrogen-bond acceptors (Lipinski definition) is 4. The zero-order valence-corrected chi connectivity index (χ0v) is 12.2. The molecule has 0 aromatic heterocycles. The first-order valence-corrected chi connectivity index (χ1v) is 8.53. The molecule has 1 atom stereocenters. The van der Waals surface area contributed by atoms with Crippen LogP contribution in [-0.4, -0.2) is 44.1 Å². The Morgan fingerprint density at radius 2 is 2.25 bits per heavy atom. The maximum atomic E-state index is 12.7. The SMILES string of the molecule is O=S(=O)(c1ccc2c(c1)NCC2)N1CCCC(CO)C1. The van der Waals surface area contributed by atoms with Crippen molar-refractivity contribution in [1.82, 2.24) is 4.31 Å². The van der Waals surface area contributed by atoms with E-state index >= 15 is 0 Å². The number of sulfonamides is 1. The van der Waals surface area contributed by atoms with Crippen LogP contribution in [0.1, 0.15) is 18.4 Å². The van der Waals surface area contributed by atoms with Crippen molar-refractivity contribution in [2.24, 2.45) is 5.92 Å². The van der Waals surface area contributed by atoms with E-state index in [1.807, 2.05) is 6.07 Å². The van der Waals surface area contributed by atoms with Crippen molar-refractivity contribution < 1.29 is 13.5 Å². The van der Waals surface area contributed by atoms with Gasteiger partial charge in [-0.15, -0.1) is 0 Å². The van der Waals surface area contributed by atoms with Gasteiger partial charge in [-0.2, -0.15) is 4.31 Å². The molecule has 3 rings (SSSR count). The van der Waals surface area contributed by atoms with Crippen LogP contribution in [0.4, 0.5) is 5.69 Å². The van der Waals surface area contributed by atoms with Crippen LogP contribution in [0.15, 0.2) is 23.1 Å². The van der Waals surface area contributed by atoms with E-state index in [4.69, 9.17) is 0 Å². The topological polar surface area (TPSA) is 69.6 Å². The quantitative estimate of drug-likeness (QED) is 0.874. The molecule has 0 amide bonds. The molecule has 1 unspecified atom stereocenters. The molecular formula is C14H20N2O3S. The van der Waals surface area contributed by atoms with Gasteiger partial charge in [0.15, 0.2) is 0 Å². The van der Waals surface area contributed by atoms with E-state index in [0.717, 1.165) is 31.5 Å². The highest BCUT2D eigenvalue weighted by Gasteiger charge is 2.30. The number of nitrogens with one attached hydrogen (secondary N) is 1. The normalized spacial score (nSPS) is 23.4. The Hall–Kier alpha value is -1.11. The van der Waals surface area contributed by atoms with Gasteiger partial charge in [-0.05, 0) is 42.9 Å². The molecule has 2 heterocycles. The van der Waals surface area contributed by atoms with Crippen LogP contribution in [0.2, 0.25) is 0 Å². The summed E-state index contributed by atoms with van der Waals surface area (Å²) in [4.78, 5) is 0.351. The standard InChI is InChI=1S/C14H20N2O3S/c17-10-11-2-1-7-16(9-11)20(18,19)13-4-3-12-5-6-15-14(12)8-13/h3-4,8,11,15,17H,1-2,5-7,9-10H2. The third-order valence-electron chi connectivity index (χ3n) is 4.17. The molecule has 6 heteroatoms. The number of benzene rings is 1. The third-order valence-corrected chi connectivity index (χ3v) is 6.03. The number of anilines is 1. The smallest absolute Gasteiger partial charge is 0.243 e. The third kappa shape index (κ3) is 2.43. The minimum Gasteiger partial charge on any atom is -0.396 e. The molecule has 1 aromatic carbocycles. The summed E-state index contributed by atoms with van der Waals surface area (Å²) < 4.78 is 26.8. The minimum absolute atomic E-state index is 0.0533. The fourth-order valence-electron chi connectivity index (χ4n) is 2.97. The van der Waals surface area contributed by atoms with Crippen molar-refractivity contribution >= 4 is 15.7 Å². The van der Waals surface area contributed by atoms with E-state index in [-0.39, 0.29) is 12.5 Å². The van der Waals surface area contributed by atoms with E-state index in [2.05, 4.69) is 5.32 Å². The van der Waals surface area contributed by atoms with Crippen LogP contribution in [-0.2, 0) is 16.4 Å². The maximum absolute atomic E-state index is 12.7. The average Bonchev–Trinajstić information content (AvgIpc) is 2.94. The largest absolute Gasteiger partial charge is 0.396 e. The van der Waals surface area contributed by atoms with Gasteiger partial charge in [0.1, 0.15) is 0 Å². The van der Waals surface area contributed by atoms with Crippen LogP contribution in [0.5, 0.6) is 0 Å². The molecule has 0 saturated carbocycles. The van der Waals surface area contributed by atoms with Crippen LogP contribution < -0.4 is 5.32 Å². The molecule has 2 aliphatic rings. The van der Waals surface area contributed by atoms with Crippen molar-refractivity contribution in [1.29, 1.82) is 0 Å². The minimum atomic E-state index is -3.44. The number of rotatable bonds is 3. The highest BCUT2D eigenvalue weighted by atomic mass is 32.2. The van der Waals surface area contributed by atoms with Crippen molar-refractivity contribution in [3.63, 3.8) is 0 Å². The lowest BCUT2D eigenvalue weighted by Crippen LogP contribution is -2.40. The van der Waals surface area contributed by atoms with Gasteiger partial charge in [-0.1, -0.05) is 6.07 Å². The van der Waals surface area contributed by atoms with E-state index in [1.165, 1.54) is 9.87 Å². The highest BCUT2D eigenvalue weighted by Crippen LogP contribution is 2.29. The van der Waals surface area contributed by atoms with E-state index in [1.54, 1.807) is 12.1 Å². The molecule has 5 nitrogen and oxygen atoms in total. The van der Waals surface area contributed by atoms with Crippen molar-refractivity contribution in [3.05, 3.63) is 23.8 Å². The molecule has 0 aliphatic carbocycles. The fourth-order valence-corrected chi connectivity index (χ4v) is 4.56. The molecule has 0 radical (unpaired) electrons. The Balaban J connectivity index is 1.87. The Morgan fingerprint density at radius 3 is 3.05 bits per heavy atom. The van der Waals surface area contributed by atoms with Crippen LogP contribution in [0.3, 0.4) is 0 Å². The first-order chi connectivity index (χ1) is 9.61. The van der Waals surface area contributed by atoms with Gasteiger partial charge in [0.2, 0.25) is 10.0 Å². The zero-order valence-electron chi connectivity index (χ0n) is 11.4. The van der Waals surface area contributed by atoms with E-state index in [9.17, 15) is 13.5 Å². The van der Waals surface area contributed by atoms with Gasteiger partial charge in [-0.3, -0.25) is 0 Å². The molecule has 0 bridgehead atoms. The number of aliphatic hydroxyl groups excluding tert-OH is 1. The van der Waals surface area contributed by atoms with E-state index in [0.29, 0.717) is 18.0 Å². The first kappa shape index (κ1) is 13.9. The maximum Gasteiger partial charge on any atom is 0.243 e. The van der Waals surface area contributed by atoms with Gasteiger partial charge in [0.25, 0.3) is 0 Å². The summed E-state index contributed by atoms with van der Waals surface area (Å²) in [5, 5.41) is 12.5. The zero-order chi connectivity index (χ0) is 14.2. The number of hydrogen-bond donors (Lipinski definition) is 2. The lowest BCUT2D eigenvalue weighted by atomic mass is 10.0. The summed E-state index contributed by atoms with van der Waals surface area (Å²) in [6, 6.07) is 5.33. The summed E-state index contributed by atoms with van der Waals surface area (Å²) in [6.45, 7) is 1.89. The van der Waals surface area contributed by atoms with Gasteiger partial charge >= 0.3 is 0 Å². The lowest BCUT2D eigenvalue weighted by Gasteiger charge is -2.31. The second-order valence-corrected chi connectivity index (χ2v) is 7.49.